The molecule has 0 spiro atoms. The van der Waals surface area contributed by atoms with Crippen molar-refractivity contribution >= 4 is 59.9 Å². The first-order valence-electron chi connectivity index (χ1n) is 5.72. The number of hydrogen-bond donors (Lipinski definition) is 0. The van der Waals surface area contributed by atoms with Crippen LogP contribution in [0.1, 0.15) is 11.1 Å². The van der Waals surface area contributed by atoms with Gasteiger partial charge in [0.25, 0.3) is 0 Å². The van der Waals surface area contributed by atoms with E-state index in [9.17, 15) is 17.5 Å². The Labute approximate surface area is 159 Å². The third kappa shape index (κ3) is 8.21. The molecule has 2 atom stereocenters. The van der Waals surface area contributed by atoms with Gasteiger partial charge in [0.15, 0.2) is 0 Å². The van der Waals surface area contributed by atoms with Crippen LogP contribution in [0.4, 0.5) is 0 Å². The van der Waals surface area contributed by atoms with E-state index in [-0.39, 0.29) is 37.7 Å². The molecule has 0 aliphatic heterocycles. The van der Waals surface area contributed by atoms with E-state index in [1.807, 2.05) is 13.8 Å². The zero-order valence-corrected chi connectivity index (χ0v) is 15.6. The first-order chi connectivity index (χ1) is 9.40. The fourth-order valence-corrected chi connectivity index (χ4v) is 2.02. The Morgan fingerprint density at radius 2 is 0.905 bits per heavy atom. The Hall–Kier alpha value is -0.0803. The maximum absolute atomic E-state index is 10.3. The summed E-state index contributed by atoms with van der Waals surface area (Å²) in [6.45, 7) is 3.83. The van der Waals surface area contributed by atoms with Crippen LogP contribution < -0.4 is 0 Å². The fraction of sp³-hybridized carbons (Fsp3) is 0.143. The molecule has 4 nitrogen and oxygen atoms in total. The van der Waals surface area contributed by atoms with Gasteiger partial charge in [-0.25, -0.2) is 0 Å². The minimum absolute atomic E-state index is 0. The SMILES string of the molecule is Cc1ccc(S(=O)[O-])cc1.Cc1ccc(S(=O)[O-])cc1.[Ca+2]. The van der Waals surface area contributed by atoms with Gasteiger partial charge in [-0.1, -0.05) is 35.4 Å². The summed E-state index contributed by atoms with van der Waals surface area (Å²) in [5.74, 6) is 0. The van der Waals surface area contributed by atoms with E-state index >= 15 is 0 Å². The molecule has 108 valence electrons. The molecule has 0 bridgehead atoms. The van der Waals surface area contributed by atoms with Crippen LogP contribution in [0.5, 0.6) is 0 Å². The van der Waals surface area contributed by atoms with Crippen LogP contribution in [0.3, 0.4) is 0 Å². The summed E-state index contributed by atoms with van der Waals surface area (Å²) in [6, 6.07) is 13.4. The minimum Gasteiger partial charge on any atom is -0.768 e. The van der Waals surface area contributed by atoms with E-state index in [2.05, 4.69) is 0 Å². The molecule has 0 radical (unpaired) electrons. The molecule has 0 aromatic heterocycles. The first kappa shape index (κ1) is 20.9. The van der Waals surface area contributed by atoms with Gasteiger partial charge in [-0.15, -0.1) is 0 Å². The second-order valence-corrected chi connectivity index (χ2v) is 5.98. The molecule has 0 saturated heterocycles. The van der Waals surface area contributed by atoms with Crippen LogP contribution >= 0.6 is 0 Å². The predicted molar refractivity (Wildman–Crippen MR) is 82.5 cm³/mol. The second kappa shape index (κ2) is 10.6. The van der Waals surface area contributed by atoms with Crippen LogP contribution in [0.2, 0.25) is 0 Å². The molecule has 2 aromatic rings. The van der Waals surface area contributed by atoms with Gasteiger partial charge in [0.1, 0.15) is 0 Å². The van der Waals surface area contributed by atoms with Gasteiger partial charge in [-0.3, -0.25) is 8.42 Å². The van der Waals surface area contributed by atoms with E-state index in [0.29, 0.717) is 9.79 Å². The number of aryl methyl sites for hydroxylation is 2. The Kier molecular flexibility index (Phi) is 10.6. The summed E-state index contributed by atoms with van der Waals surface area (Å²) in [5.41, 5.74) is 2.13. The summed E-state index contributed by atoms with van der Waals surface area (Å²) < 4.78 is 41.2. The smallest absolute Gasteiger partial charge is 0.768 e. The van der Waals surface area contributed by atoms with Crippen molar-refractivity contribution in [1.29, 1.82) is 0 Å². The summed E-state index contributed by atoms with van der Waals surface area (Å²) in [7, 11) is 0. The summed E-state index contributed by atoms with van der Waals surface area (Å²) >= 11 is -4.17. The van der Waals surface area contributed by atoms with Crippen molar-refractivity contribution in [2.45, 2.75) is 23.6 Å². The minimum atomic E-state index is -2.09. The number of rotatable bonds is 2. The normalized spacial score (nSPS) is 12.4. The van der Waals surface area contributed by atoms with Crippen molar-refractivity contribution < 1.29 is 17.5 Å². The van der Waals surface area contributed by atoms with Gasteiger partial charge in [-0.05, 0) is 60.3 Å². The molecule has 0 amide bonds. The summed E-state index contributed by atoms with van der Waals surface area (Å²) in [6.07, 6.45) is 0. The Morgan fingerprint density at radius 1 is 0.667 bits per heavy atom. The maximum Gasteiger partial charge on any atom is 2.00 e. The third-order valence-corrected chi connectivity index (χ3v) is 3.74. The Bertz CT molecular complexity index is 542. The maximum atomic E-state index is 10.3. The van der Waals surface area contributed by atoms with Gasteiger partial charge < -0.3 is 9.11 Å². The van der Waals surface area contributed by atoms with E-state index in [0.717, 1.165) is 11.1 Å². The molecule has 0 aliphatic rings. The molecular weight excluding hydrogens is 336 g/mol. The average molecular weight is 350 g/mol. The van der Waals surface area contributed by atoms with Gasteiger partial charge in [0, 0.05) is 9.79 Å². The monoisotopic (exact) mass is 350 g/mol. The van der Waals surface area contributed by atoms with Crippen molar-refractivity contribution in [2.24, 2.45) is 0 Å². The zero-order valence-electron chi connectivity index (χ0n) is 11.8. The molecule has 21 heavy (non-hydrogen) atoms. The van der Waals surface area contributed by atoms with E-state index in [4.69, 9.17) is 0 Å². The van der Waals surface area contributed by atoms with Crippen molar-refractivity contribution in [1.82, 2.24) is 0 Å². The molecule has 7 heteroatoms. The first-order valence-corrected chi connectivity index (χ1v) is 7.87. The van der Waals surface area contributed by atoms with Crippen LogP contribution in [0, 0.1) is 13.8 Å². The predicted octanol–water partition coefficient (Wildman–Crippen LogP) is 2.09. The van der Waals surface area contributed by atoms with Gasteiger partial charge >= 0.3 is 37.7 Å². The molecule has 2 unspecified atom stereocenters. The number of hydrogen-bond acceptors (Lipinski definition) is 4. The topological polar surface area (TPSA) is 80.3 Å². The quantitative estimate of drug-likeness (QED) is 0.613. The molecule has 0 heterocycles. The van der Waals surface area contributed by atoms with Gasteiger partial charge in [0.2, 0.25) is 0 Å². The largest absolute Gasteiger partial charge is 2.00 e. The molecule has 2 rings (SSSR count). The van der Waals surface area contributed by atoms with Crippen molar-refractivity contribution in [3.63, 3.8) is 0 Å². The number of benzene rings is 2. The average Bonchev–Trinajstić information content (AvgIpc) is 2.40. The summed E-state index contributed by atoms with van der Waals surface area (Å²) in [4.78, 5) is 0.677. The zero-order chi connectivity index (χ0) is 15.1. The van der Waals surface area contributed by atoms with Crippen LogP contribution in [-0.2, 0) is 22.2 Å². The van der Waals surface area contributed by atoms with Crippen LogP contribution in [0.15, 0.2) is 58.3 Å². The molecular formula is C14H14CaO4S2. The summed E-state index contributed by atoms with van der Waals surface area (Å²) in [5, 5.41) is 0. The molecule has 0 fully saturated rings. The van der Waals surface area contributed by atoms with Crippen molar-refractivity contribution in [3.05, 3.63) is 59.7 Å². The molecule has 0 N–H and O–H groups in total. The van der Waals surface area contributed by atoms with Crippen molar-refractivity contribution in [3.8, 4) is 0 Å². The molecule has 0 saturated carbocycles. The van der Waals surface area contributed by atoms with Gasteiger partial charge in [-0.2, -0.15) is 0 Å². The molecule has 0 aliphatic carbocycles. The van der Waals surface area contributed by atoms with E-state index in [1.165, 1.54) is 0 Å². The Balaban J connectivity index is 0.000000364. The third-order valence-electron chi connectivity index (χ3n) is 2.43. The van der Waals surface area contributed by atoms with Crippen LogP contribution in [0.25, 0.3) is 0 Å². The van der Waals surface area contributed by atoms with Crippen molar-refractivity contribution in [2.75, 3.05) is 0 Å². The van der Waals surface area contributed by atoms with E-state index in [1.54, 1.807) is 48.5 Å². The standard InChI is InChI=1S/2C7H8O2S.Ca/c2*1-6-2-4-7(5-3-6)10(8)9;/h2*2-5H,1H3,(H,8,9);/q;;+2/p-2. The molecule has 2 aromatic carbocycles. The second-order valence-electron chi connectivity index (χ2n) is 4.10. The fourth-order valence-electron chi connectivity index (χ4n) is 1.30. The van der Waals surface area contributed by atoms with Gasteiger partial charge in [0.05, 0.1) is 0 Å². The van der Waals surface area contributed by atoms with E-state index < -0.39 is 22.2 Å². The van der Waals surface area contributed by atoms with Crippen LogP contribution in [-0.4, -0.2) is 55.3 Å². The Morgan fingerprint density at radius 3 is 1.10 bits per heavy atom.